The zero-order chi connectivity index (χ0) is 10.1. The van der Waals surface area contributed by atoms with E-state index in [1.165, 1.54) is 16.2 Å². The van der Waals surface area contributed by atoms with Crippen molar-refractivity contribution in [3.8, 4) is 0 Å². The molecule has 14 heavy (non-hydrogen) atoms. The predicted octanol–water partition coefficient (Wildman–Crippen LogP) is 0.226. The second-order valence-electron chi connectivity index (χ2n) is 3.36. The fraction of sp³-hybridized carbons (Fsp3) is 0.500. The first-order chi connectivity index (χ1) is 6.70. The van der Waals surface area contributed by atoms with Gasteiger partial charge in [-0.05, 0) is 13.5 Å². The number of hydrogen-bond acceptors (Lipinski definition) is 5. The Labute approximate surface area is 85.9 Å². The molecule has 3 N–H and O–H groups in total. The summed E-state index contributed by atoms with van der Waals surface area (Å²) < 4.78 is 0. The van der Waals surface area contributed by atoms with Gasteiger partial charge in [-0.15, -0.1) is 11.3 Å². The second-order valence-corrected chi connectivity index (χ2v) is 4.45. The summed E-state index contributed by atoms with van der Waals surface area (Å²) in [5.41, 5.74) is 6.54. The minimum Gasteiger partial charge on any atom is -0.409 e. The molecule has 76 valence electrons. The Balaban J connectivity index is 2.32. The van der Waals surface area contributed by atoms with Gasteiger partial charge in [0.15, 0.2) is 10.8 Å². The molecule has 6 heteroatoms. The smallest absolute Gasteiger partial charge is 0.199 e. The largest absolute Gasteiger partial charge is 0.409 e. The van der Waals surface area contributed by atoms with Crippen LogP contribution in [0.1, 0.15) is 15.6 Å². The number of rotatable bonds is 1. The van der Waals surface area contributed by atoms with Crippen LogP contribution < -0.4 is 5.73 Å². The maximum absolute atomic E-state index is 8.52. The zero-order valence-corrected chi connectivity index (χ0v) is 8.71. The molecule has 0 unspecified atom stereocenters. The number of thiazole rings is 1. The van der Waals surface area contributed by atoms with E-state index in [2.05, 4.69) is 22.1 Å². The lowest BCUT2D eigenvalue weighted by Crippen LogP contribution is -2.25. The number of likely N-dealkylation sites (N-methyl/N-ethyl adjacent to an activating group) is 1. The van der Waals surface area contributed by atoms with Crippen molar-refractivity contribution in [2.45, 2.75) is 13.0 Å². The third-order valence-corrected chi connectivity index (χ3v) is 3.43. The van der Waals surface area contributed by atoms with Gasteiger partial charge < -0.3 is 15.8 Å². The third kappa shape index (κ3) is 1.58. The van der Waals surface area contributed by atoms with Crippen molar-refractivity contribution in [1.82, 2.24) is 9.88 Å². The van der Waals surface area contributed by atoms with Gasteiger partial charge in [0.2, 0.25) is 0 Å². The molecule has 0 spiro atoms. The average molecular weight is 212 g/mol. The highest BCUT2D eigenvalue weighted by molar-refractivity contribution is 7.13. The molecule has 0 fully saturated rings. The maximum Gasteiger partial charge on any atom is 0.199 e. The molecule has 0 aliphatic carbocycles. The normalized spacial score (nSPS) is 18.2. The summed E-state index contributed by atoms with van der Waals surface area (Å²) in [5.74, 6) is 0.104. The molecule has 5 nitrogen and oxygen atoms in total. The van der Waals surface area contributed by atoms with Crippen LogP contribution in [0, 0.1) is 0 Å². The Kier molecular flexibility index (Phi) is 2.39. The molecule has 1 aromatic heterocycles. The fourth-order valence-electron chi connectivity index (χ4n) is 1.48. The molecule has 2 heterocycles. The highest BCUT2D eigenvalue weighted by Crippen LogP contribution is 2.23. The van der Waals surface area contributed by atoms with Crippen molar-refractivity contribution in [1.29, 1.82) is 0 Å². The van der Waals surface area contributed by atoms with E-state index >= 15 is 0 Å². The molecule has 0 atom stereocenters. The van der Waals surface area contributed by atoms with Crippen molar-refractivity contribution < 1.29 is 5.21 Å². The second kappa shape index (κ2) is 3.55. The number of nitrogens with zero attached hydrogens (tertiary/aromatic N) is 3. The van der Waals surface area contributed by atoms with Crippen LogP contribution >= 0.6 is 11.3 Å². The standard InChI is InChI=1S/C8H12N4OS/c1-12-3-2-6-5(4-12)10-8(14-6)7(9)11-13/h13H,2-4H2,1H3,(H2,9,11). The Hall–Kier alpha value is -1.14. The van der Waals surface area contributed by atoms with Gasteiger partial charge in [0.05, 0.1) is 5.69 Å². The molecule has 1 aromatic rings. The number of nitrogens with two attached hydrogens (primary N) is 1. The minimum absolute atomic E-state index is 0.104. The first-order valence-corrected chi connectivity index (χ1v) is 5.17. The van der Waals surface area contributed by atoms with Gasteiger partial charge in [0.1, 0.15) is 0 Å². The molecule has 1 aliphatic rings. The first kappa shape index (κ1) is 9.42. The van der Waals surface area contributed by atoms with Crippen LogP contribution in [-0.2, 0) is 13.0 Å². The quantitative estimate of drug-likeness (QED) is 0.302. The van der Waals surface area contributed by atoms with Crippen LogP contribution in [0.3, 0.4) is 0 Å². The summed E-state index contributed by atoms with van der Waals surface area (Å²) in [6.07, 6.45) is 1.00. The molecule has 0 amide bonds. The van der Waals surface area contributed by atoms with Gasteiger partial charge >= 0.3 is 0 Å². The van der Waals surface area contributed by atoms with E-state index in [4.69, 9.17) is 10.9 Å². The Morgan fingerprint density at radius 2 is 2.50 bits per heavy atom. The highest BCUT2D eigenvalue weighted by Gasteiger charge is 2.19. The predicted molar refractivity (Wildman–Crippen MR) is 54.7 cm³/mol. The number of amidine groups is 1. The Morgan fingerprint density at radius 3 is 3.21 bits per heavy atom. The third-order valence-electron chi connectivity index (χ3n) is 2.25. The SMILES string of the molecule is CN1CCc2sc(/C(N)=N/O)nc2C1. The lowest BCUT2D eigenvalue weighted by atomic mass is 10.2. The minimum atomic E-state index is 0.104. The van der Waals surface area contributed by atoms with Gasteiger partial charge in [0, 0.05) is 18.0 Å². The summed E-state index contributed by atoms with van der Waals surface area (Å²) in [5, 5.41) is 12.1. The summed E-state index contributed by atoms with van der Waals surface area (Å²) in [7, 11) is 2.06. The molecule has 2 rings (SSSR count). The summed E-state index contributed by atoms with van der Waals surface area (Å²) in [6.45, 7) is 1.90. The van der Waals surface area contributed by atoms with Crippen molar-refractivity contribution in [2.24, 2.45) is 10.9 Å². The molecule has 0 bridgehead atoms. The average Bonchev–Trinajstić information content (AvgIpc) is 2.59. The van der Waals surface area contributed by atoms with E-state index in [9.17, 15) is 0 Å². The van der Waals surface area contributed by atoms with E-state index in [1.807, 2.05) is 0 Å². The molecule has 0 saturated heterocycles. The summed E-state index contributed by atoms with van der Waals surface area (Å²) >= 11 is 1.52. The molecular formula is C8H12N4OS. The van der Waals surface area contributed by atoms with Crippen LogP contribution in [0.2, 0.25) is 0 Å². The van der Waals surface area contributed by atoms with Crippen LogP contribution in [0.5, 0.6) is 0 Å². The maximum atomic E-state index is 8.52. The van der Waals surface area contributed by atoms with Crippen LogP contribution in [0.4, 0.5) is 0 Å². The number of oxime groups is 1. The topological polar surface area (TPSA) is 74.7 Å². The van der Waals surface area contributed by atoms with E-state index in [0.29, 0.717) is 5.01 Å². The number of aromatic nitrogens is 1. The molecular weight excluding hydrogens is 200 g/mol. The lowest BCUT2D eigenvalue weighted by Gasteiger charge is -2.20. The van der Waals surface area contributed by atoms with E-state index in [-0.39, 0.29) is 5.84 Å². The Bertz CT molecular complexity index is 373. The van der Waals surface area contributed by atoms with Gasteiger partial charge in [-0.3, -0.25) is 0 Å². The van der Waals surface area contributed by atoms with Gasteiger partial charge in [-0.2, -0.15) is 0 Å². The molecule has 0 radical (unpaired) electrons. The van der Waals surface area contributed by atoms with Gasteiger partial charge in [-0.25, -0.2) is 4.98 Å². The number of hydrogen-bond donors (Lipinski definition) is 2. The first-order valence-electron chi connectivity index (χ1n) is 4.35. The molecule has 1 aliphatic heterocycles. The Morgan fingerprint density at radius 1 is 1.71 bits per heavy atom. The monoisotopic (exact) mass is 212 g/mol. The molecule has 0 aromatic carbocycles. The fourth-order valence-corrected chi connectivity index (χ4v) is 2.44. The van der Waals surface area contributed by atoms with Crippen molar-refractivity contribution >= 4 is 17.2 Å². The van der Waals surface area contributed by atoms with Crippen LogP contribution in [-0.4, -0.2) is 34.5 Å². The summed E-state index contributed by atoms with van der Waals surface area (Å²) in [4.78, 5) is 7.79. The highest BCUT2D eigenvalue weighted by atomic mass is 32.1. The van der Waals surface area contributed by atoms with Crippen LogP contribution in [0.25, 0.3) is 0 Å². The zero-order valence-electron chi connectivity index (χ0n) is 7.90. The van der Waals surface area contributed by atoms with Crippen molar-refractivity contribution in [3.63, 3.8) is 0 Å². The number of fused-ring (bicyclic) bond motifs is 1. The summed E-state index contributed by atoms with van der Waals surface area (Å²) in [6, 6.07) is 0. The van der Waals surface area contributed by atoms with Gasteiger partial charge in [0.25, 0.3) is 0 Å². The van der Waals surface area contributed by atoms with Gasteiger partial charge in [-0.1, -0.05) is 5.16 Å². The molecule has 0 saturated carbocycles. The van der Waals surface area contributed by atoms with Crippen molar-refractivity contribution in [3.05, 3.63) is 15.6 Å². The van der Waals surface area contributed by atoms with Crippen molar-refractivity contribution in [2.75, 3.05) is 13.6 Å². The lowest BCUT2D eigenvalue weighted by molar-refractivity contribution is 0.310. The van der Waals surface area contributed by atoms with E-state index in [0.717, 1.165) is 25.2 Å². The van der Waals surface area contributed by atoms with Crippen LogP contribution in [0.15, 0.2) is 5.16 Å². The van der Waals surface area contributed by atoms with E-state index < -0.39 is 0 Å². The van der Waals surface area contributed by atoms with E-state index in [1.54, 1.807) is 0 Å².